The number of halogens is 1. The highest BCUT2D eigenvalue weighted by Gasteiger charge is 2.17. The van der Waals surface area contributed by atoms with Crippen LogP contribution < -0.4 is 0 Å². The van der Waals surface area contributed by atoms with Crippen LogP contribution in [0.1, 0.15) is 12.0 Å². The summed E-state index contributed by atoms with van der Waals surface area (Å²) in [5.41, 5.74) is -0.510. The molecule has 0 aliphatic heterocycles. The number of aldehydes is 1. The van der Waals surface area contributed by atoms with E-state index in [2.05, 4.69) is 0 Å². The third kappa shape index (κ3) is 2.49. The van der Waals surface area contributed by atoms with Gasteiger partial charge < -0.3 is 9.90 Å². The number of aryl methyl sites for hydroxylation is 1. The smallest absolute Gasteiger partial charge is 0.305 e. The highest BCUT2D eigenvalue weighted by atomic mass is 19.1. The number of rotatable bonds is 4. The molecular formula is C9H8FNO4. The Labute approximate surface area is 84.3 Å². The summed E-state index contributed by atoms with van der Waals surface area (Å²) in [5, 5.41) is 19.6. The highest BCUT2D eigenvalue weighted by Crippen LogP contribution is 2.27. The first-order valence-corrected chi connectivity index (χ1v) is 4.15. The summed E-state index contributed by atoms with van der Waals surface area (Å²) >= 11 is 0. The summed E-state index contributed by atoms with van der Waals surface area (Å²) in [7, 11) is 0. The lowest BCUT2D eigenvalue weighted by Crippen LogP contribution is -1.96. The first-order valence-electron chi connectivity index (χ1n) is 4.15. The maximum atomic E-state index is 12.9. The minimum atomic E-state index is -1.09. The lowest BCUT2D eigenvalue weighted by Gasteiger charge is -2.02. The molecule has 1 rings (SSSR count). The summed E-state index contributed by atoms with van der Waals surface area (Å²) in [6, 6.07) is 1.62. The van der Waals surface area contributed by atoms with E-state index in [0.717, 1.165) is 6.07 Å². The molecule has 0 aromatic heterocycles. The van der Waals surface area contributed by atoms with Crippen molar-refractivity contribution in [3.8, 4) is 5.75 Å². The number of aromatic hydroxyl groups is 1. The van der Waals surface area contributed by atoms with Crippen molar-refractivity contribution in [3.05, 3.63) is 33.6 Å². The Hall–Kier alpha value is -1.98. The molecule has 1 aromatic rings. The lowest BCUT2D eigenvalue weighted by atomic mass is 10.1. The third-order valence-corrected chi connectivity index (χ3v) is 1.88. The summed E-state index contributed by atoms with van der Waals surface area (Å²) in [5.74, 6) is -1.47. The van der Waals surface area contributed by atoms with E-state index in [1.807, 2.05) is 0 Å². The normalized spacial score (nSPS) is 9.93. The van der Waals surface area contributed by atoms with Gasteiger partial charge in [-0.1, -0.05) is 0 Å². The van der Waals surface area contributed by atoms with Crippen LogP contribution in [-0.2, 0) is 11.2 Å². The fraction of sp³-hybridized carbons (Fsp3) is 0.222. The number of hydrogen-bond acceptors (Lipinski definition) is 4. The average Bonchev–Trinajstić information content (AvgIpc) is 2.16. The van der Waals surface area contributed by atoms with Gasteiger partial charge in [0.25, 0.3) is 0 Å². The van der Waals surface area contributed by atoms with Gasteiger partial charge >= 0.3 is 5.69 Å². The average molecular weight is 213 g/mol. The van der Waals surface area contributed by atoms with E-state index in [9.17, 15) is 24.4 Å². The van der Waals surface area contributed by atoms with Gasteiger partial charge in [-0.05, 0) is 6.42 Å². The van der Waals surface area contributed by atoms with Crippen LogP contribution in [0.5, 0.6) is 5.75 Å². The molecule has 0 fully saturated rings. The topological polar surface area (TPSA) is 80.4 Å². The summed E-state index contributed by atoms with van der Waals surface area (Å²) in [6.07, 6.45) is 0.890. The van der Waals surface area contributed by atoms with Gasteiger partial charge in [-0.25, -0.2) is 0 Å². The predicted molar refractivity (Wildman–Crippen MR) is 49.1 cm³/mol. The van der Waals surface area contributed by atoms with Gasteiger partial charge in [-0.2, -0.15) is 4.39 Å². The quantitative estimate of drug-likeness (QED) is 0.467. The molecule has 0 saturated heterocycles. The van der Waals surface area contributed by atoms with E-state index in [1.54, 1.807) is 0 Å². The number of benzene rings is 1. The third-order valence-electron chi connectivity index (χ3n) is 1.88. The van der Waals surface area contributed by atoms with E-state index in [0.29, 0.717) is 12.4 Å². The van der Waals surface area contributed by atoms with Crippen molar-refractivity contribution < 1.29 is 19.2 Å². The maximum Gasteiger partial charge on any atom is 0.305 e. The Kier molecular flexibility index (Phi) is 3.33. The zero-order valence-corrected chi connectivity index (χ0v) is 7.64. The molecule has 0 amide bonds. The summed E-state index contributed by atoms with van der Waals surface area (Å²) < 4.78 is 12.9. The van der Waals surface area contributed by atoms with E-state index < -0.39 is 16.4 Å². The molecule has 15 heavy (non-hydrogen) atoms. The minimum absolute atomic E-state index is 0.121. The van der Waals surface area contributed by atoms with Gasteiger partial charge in [0.05, 0.1) is 4.92 Å². The van der Waals surface area contributed by atoms with Crippen molar-refractivity contribution in [2.45, 2.75) is 12.8 Å². The minimum Gasteiger partial charge on any atom is -0.508 e. The van der Waals surface area contributed by atoms with Gasteiger partial charge in [-0.15, -0.1) is 0 Å². The molecule has 0 radical (unpaired) electrons. The van der Waals surface area contributed by atoms with Crippen LogP contribution >= 0.6 is 0 Å². The second-order valence-electron chi connectivity index (χ2n) is 2.89. The van der Waals surface area contributed by atoms with Crippen molar-refractivity contribution in [1.29, 1.82) is 0 Å². The number of carbonyl (C=O) groups is 1. The summed E-state index contributed by atoms with van der Waals surface area (Å²) in [6.45, 7) is 0. The van der Waals surface area contributed by atoms with E-state index >= 15 is 0 Å². The molecule has 1 aromatic carbocycles. The zero-order valence-electron chi connectivity index (χ0n) is 7.64. The fourth-order valence-electron chi connectivity index (χ4n) is 1.15. The molecule has 80 valence electrons. The van der Waals surface area contributed by atoms with Crippen LogP contribution in [-0.4, -0.2) is 16.3 Å². The number of nitrogens with zero attached hydrogens (tertiary/aromatic N) is 1. The molecule has 6 heteroatoms. The number of nitro groups is 1. The zero-order chi connectivity index (χ0) is 11.4. The largest absolute Gasteiger partial charge is 0.508 e. The molecule has 1 N–H and O–H groups in total. The van der Waals surface area contributed by atoms with Crippen LogP contribution in [0.3, 0.4) is 0 Å². The number of phenols is 1. The molecule has 0 spiro atoms. The van der Waals surface area contributed by atoms with E-state index in [4.69, 9.17) is 0 Å². The number of hydrogen-bond donors (Lipinski definition) is 1. The molecule has 0 bridgehead atoms. The van der Waals surface area contributed by atoms with Crippen molar-refractivity contribution >= 4 is 12.0 Å². The molecule has 0 saturated carbocycles. The van der Waals surface area contributed by atoms with Gasteiger partial charge in [0.1, 0.15) is 12.0 Å². The van der Waals surface area contributed by atoms with Crippen LogP contribution in [0.4, 0.5) is 10.1 Å². The van der Waals surface area contributed by atoms with Gasteiger partial charge in [-0.3, -0.25) is 10.1 Å². The van der Waals surface area contributed by atoms with Crippen LogP contribution in [0.2, 0.25) is 0 Å². The molecule has 0 heterocycles. The van der Waals surface area contributed by atoms with Gasteiger partial charge in [0.15, 0.2) is 0 Å². The Morgan fingerprint density at radius 3 is 2.73 bits per heavy atom. The van der Waals surface area contributed by atoms with E-state index in [1.165, 1.54) is 0 Å². The second-order valence-corrected chi connectivity index (χ2v) is 2.89. The molecule has 0 aliphatic carbocycles. The Morgan fingerprint density at radius 1 is 1.53 bits per heavy atom. The molecule has 0 aliphatic rings. The standard InChI is InChI=1S/C9H8FNO4/c10-7-5-9(13)6(2-1-3-12)4-8(7)11(14)15/h3-5,13H,1-2H2. The lowest BCUT2D eigenvalue weighted by molar-refractivity contribution is -0.387. The van der Waals surface area contributed by atoms with Crippen molar-refractivity contribution in [2.24, 2.45) is 0 Å². The highest BCUT2D eigenvalue weighted by molar-refractivity contribution is 5.52. The Bertz CT molecular complexity index is 405. The fourth-order valence-corrected chi connectivity index (χ4v) is 1.15. The molecule has 0 atom stereocenters. The monoisotopic (exact) mass is 213 g/mol. The van der Waals surface area contributed by atoms with E-state index in [-0.39, 0.29) is 24.2 Å². The SMILES string of the molecule is O=CCCc1cc([N+](=O)[O-])c(F)cc1O. The van der Waals surface area contributed by atoms with Crippen LogP contribution in [0, 0.1) is 15.9 Å². The predicted octanol–water partition coefficient (Wildman–Crippen LogP) is 1.57. The van der Waals surface area contributed by atoms with Gasteiger partial charge in [0.2, 0.25) is 5.82 Å². The van der Waals surface area contributed by atoms with Crippen LogP contribution in [0.25, 0.3) is 0 Å². The van der Waals surface area contributed by atoms with Crippen molar-refractivity contribution in [3.63, 3.8) is 0 Å². The Balaban J connectivity index is 3.11. The molecule has 5 nitrogen and oxygen atoms in total. The van der Waals surface area contributed by atoms with Crippen LogP contribution in [0.15, 0.2) is 12.1 Å². The molecule has 0 unspecified atom stereocenters. The Morgan fingerprint density at radius 2 is 2.20 bits per heavy atom. The maximum absolute atomic E-state index is 12.9. The number of carbonyl (C=O) groups excluding carboxylic acids is 1. The number of phenolic OH excluding ortho intramolecular Hbond substituents is 1. The first-order chi connectivity index (χ1) is 7.06. The number of nitro benzene ring substituents is 1. The van der Waals surface area contributed by atoms with Crippen molar-refractivity contribution in [1.82, 2.24) is 0 Å². The summed E-state index contributed by atoms with van der Waals surface area (Å²) in [4.78, 5) is 19.6. The van der Waals surface area contributed by atoms with Crippen molar-refractivity contribution in [2.75, 3.05) is 0 Å². The molecular weight excluding hydrogens is 205 g/mol. The van der Waals surface area contributed by atoms with Gasteiger partial charge in [0, 0.05) is 24.1 Å². The first kappa shape index (κ1) is 11.1. The second kappa shape index (κ2) is 4.50.